The van der Waals surface area contributed by atoms with Gasteiger partial charge in [0.1, 0.15) is 11.5 Å². The van der Waals surface area contributed by atoms with Gasteiger partial charge in [-0.2, -0.15) is 5.10 Å². The van der Waals surface area contributed by atoms with Crippen LogP contribution in [0.25, 0.3) is 22.4 Å². The smallest absolute Gasteiger partial charge is 0.250 e. The fourth-order valence-corrected chi connectivity index (χ4v) is 3.50. The van der Waals surface area contributed by atoms with Gasteiger partial charge in [0.25, 0.3) is 5.91 Å². The van der Waals surface area contributed by atoms with Gasteiger partial charge in [-0.15, -0.1) is 0 Å². The van der Waals surface area contributed by atoms with Crippen LogP contribution in [0.15, 0.2) is 48.5 Å². The maximum absolute atomic E-state index is 11.7. The number of H-pyrrole nitrogens is 1. The number of primary amides is 1. The van der Waals surface area contributed by atoms with Gasteiger partial charge in [-0.1, -0.05) is 42.5 Å². The molecule has 29 heavy (non-hydrogen) atoms. The number of amides is 1. The van der Waals surface area contributed by atoms with E-state index in [2.05, 4.69) is 32.6 Å². The monoisotopic (exact) mass is 386 g/mol. The van der Waals surface area contributed by atoms with Gasteiger partial charge in [-0.25, -0.2) is 9.97 Å². The van der Waals surface area contributed by atoms with Crippen LogP contribution in [0.3, 0.4) is 0 Å². The second-order valence-corrected chi connectivity index (χ2v) is 6.82. The van der Waals surface area contributed by atoms with Gasteiger partial charge >= 0.3 is 0 Å². The molecular formula is C21H18N6O2. The number of para-hydroxylation sites is 1. The van der Waals surface area contributed by atoms with Crippen molar-refractivity contribution in [2.75, 3.05) is 5.32 Å². The van der Waals surface area contributed by atoms with E-state index >= 15 is 0 Å². The largest absolute Gasteiger partial charge is 0.370 e. The number of aromatic nitrogens is 4. The van der Waals surface area contributed by atoms with Crippen molar-refractivity contribution in [1.82, 2.24) is 20.2 Å². The van der Waals surface area contributed by atoms with Gasteiger partial charge in [0.2, 0.25) is 0 Å². The van der Waals surface area contributed by atoms with Crippen LogP contribution >= 0.6 is 0 Å². The van der Waals surface area contributed by atoms with E-state index in [1.807, 2.05) is 24.3 Å². The fraction of sp³-hybridized carbons (Fsp3) is 0.143. The minimum absolute atomic E-state index is 0.383. The number of nitrogens with two attached hydrogens (primary N) is 1. The molecule has 3 heterocycles. The normalized spacial score (nSPS) is 12.8. The molecule has 8 nitrogen and oxygen atoms in total. The van der Waals surface area contributed by atoms with Crippen LogP contribution in [0.4, 0.5) is 5.82 Å². The lowest BCUT2D eigenvalue weighted by Crippen LogP contribution is -2.11. The number of carbonyl (C=O) groups excluding carboxylic acids is 1. The molecule has 2 aromatic heterocycles. The highest BCUT2D eigenvalue weighted by Gasteiger charge is 2.23. The molecule has 1 aliphatic rings. The molecule has 4 aromatic rings. The topological polar surface area (TPSA) is 119 Å². The third-order valence-electron chi connectivity index (χ3n) is 4.96. The molecule has 1 amide bonds. The van der Waals surface area contributed by atoms with Crippen LogP contribution in [0, 0.1) is 0 Å². The van der Waals surface area contributed by atoms with E-state index < -0.39 is 5.91 Å². The molecule has 8 heteroatoms. The SMILES string of the molecule is NC(=O)c1cccc2c(-c3nc4c(c(NCc5ccccc5)n3)COC4)n[nH]c12. The van der Waals surface area contributed by atoms with Gasteiger partial charge in [-0.05, 0) is 11.6 Å². The lowest BCUT2D eigenvalue weighted by Gasteiger charge is -2.11. The number of benzene rings is 2. The number of nitrogens with one attached hydrogen (secondary N) is 2. The van der Waals surface area contributed by atoms with E-state index in [1.54, 1.807) is 12.1 Å². The number of aromatic amines is 1. The number of rotatable bonds is 5. The quantitative estimate of drug-likeness (QED) is 0.485. The molecule has 0 bridgehead atoms. The van der Waals surface area contributed by atoms with E-state index in [1.165, 1.54) is 0 Å². The van der Waals surface area contributed by atoms with Gasteiger partial charge in [0, 0.05) is 17.5 Å². The highest BCUT2D eigenvalue weighted by molar-refractivity contribution is 6.07. The van der Waals surface area contributed by atoms with Crippen molar-refractivity contribution in [3.63, 3.8) is 0 Å². The third-order valence-corrected chi connectivity index (χ3v) is 4.96. The third kappa shape index (κ3) is 3.09. The first-order valence-corrected chi connectivity index (χ1v) is 9.23. The molecule has 0 unspecified atom stereocenters. The van der Waals surface area contributed by atoms with Crippen molar-refractivity contribution >= 4 is 22.6 Å². The van der Waals surface area contributed by atoms with Gasteiger partial charge in [-0.3, -0.25) is 9.89 Å². The Bertz CT molecular complexity index is 1220. The summed E-state index contributed by atoms with van der Waals surface area (Å²) in [5, 5.41) is 11.4. The Morgan fingerprint density at radius 3 is 2.79 bits per heavy atom. The summed E-state index contributed by atoms with van der Waals surface area (Å²) in [6.45, 7) is 1.54. The summed E-state index contributed by atoms with van der Waals surface area (Å²) in [7, 11) is 0. The first-order chi connectivity index (χ1) is 14.2. The van der Waals surface area contributed by atoms with Crippen molar-refractivity contribution in [1.29, 1.82) is 0 Å². The minimum atomic E-state index is -0.515. The van der Waals surface area contributed by atoms with E-state index in [0.29, 0.717) is 42.4 Å². The number of hydrogen-bond acceptors (Lipinski definition) is 6. The Labute approximate surface area is 166 Å². The average Bonchev–Trinajstić information content (AvgIpc) is 3.39. The zero-order chi connectivity index (χ0) is 19.8. The molecule has 0 saturated carbocycles. The number of hydrogen-bond donors (Lipinski definition) is 3. The summed E-state index contributed by atoms with van der Waals surface area (Å²) in [5.41, 5.74) is 9.96. The van der Waals surface area contributed by atoms with Gasteiger partial charge in [0.05, 0.1) is 30.0 Å². The predicted molar refractivity (Wildman–Crippen MR) is 108 cm³/mol. The van der Waals surface area contributed by atoms with Gasteiger partial charge in [0.15, 0.2) is 5.82 Å². The van der Waals surface area contributed by atoms with Crippen molar-refractivity contribution in [3.05, 3.63) is 70.9 Å². The summed E-state index contributed by atoms with van der Waals surface area (Å²) in [6.07, 6.45) is 0. The van der Waals surface area contributed by atoms with Crippen molar-refractivity contribution in [2.24, 2.45) is 5.73 Å². The molecule has 0 aliphatic carbocycles. The second kappa shape index (κ2) is 6.99. The van der Waals surface area contributed by atoms with E-state index in [0.717, 1.165) is 28.0 Å². The summed E-state index contributed by atoms with van der Waals surface area (Å²) >= 11 is 0. The molecule has 0 atom stereocenters. The Morgan fingerprint density at radius 2 is 1.97 bits per heavy atom. The van der Waals surface area contributed by atoms with Crippen LogP contribution in [0.2, 0.25) is 0 Å². The highest BCUT2D eigenvalue weighted by Crippen LogP contribution is 2.31. The van der Waals surface area contributed by atoms with Crippen LogP contribution in [-0.2, 0) is 24.5 Å². The number of fused-ring (bicyclic) bond motifs is 2. The summed E-state index contributed by atoms with van der Waals surface area (Å²) in [6, 6.07) is 15.4. The lowest BCUT2D eigenvalue weighted by molar-refractivity contribution is 0.100. The van der Waals surface area contributed by atoms with E-state index in [9.17, 15) is 4.79 Å². The Kier molecular flexibility index (Phi) is 4.18. The van der Waals surface area contributed by atoms with E-state index in [4.69, 9.17) is 15.5 Å². The highest BCUT2D eigenvalue weighted by atomic mass is 16.5. The second-order valence-electron chi connectivity index (χ2n) is 6.82. The molecule has 1 aliphatic heterocycles. The molecule has 144 valence electrons. The maximum Gasteiger partial charge on any atom is 0.250 e. The molecule has 0 spiro atoms. The van der Waals surface area contributed by atoms with E-state index in [-0.39, 0.29) is 0 Å². The Morgan fingerprint density at radius 1 is 1.10 bits per heavy atom. The number of anilines is 1. The zero-order valence-electron chi connectivity index (χ0n) is 15.5. The lowest BCUT2D eigenvalue weighted by atomic mass is 10.1. The van der Waals surface area contributed by atoms with Gasteiger partial charge < -0.3 is 15.8 Å². The first-order valence-electron chi connectivity index (χ1n) is 9.23. The molecule has 4 N–H and O–H groups in total. The van der Waals surface area contributed by atoms with Crippen molar-refractivity contribution in [3.8, 4) is 11.5 Å². The average molecular weight is 386 g/mol. The molecule has 5 rings (SSSR count). The molecule has 0 fully saturated rings. The number of carbonyl (C=O) groups is 1. The molecular weight excluding hydrogens is 368 g/mol. The Hall–Kier alpha value is -3.78. The molecule has 2 aromatic carbocycles. The maximum atomic E-state index is 11.7. The van der Waals surface area contributed by atoms with Crippen LogP contribution in [0.1, 0.15) is 27.2 Å². The summed E-state index contributed by atoms with van der Waals surface area (Å²) < 4.78 is 5.59. The van der Waals surface area contributed by atoms with Crippen LogP contribution < -0.4 is 11.1 Å². The van der Waals surface area contributed by atoms with Crippen LogP contribution in [0.5, 0.6) is 0 Å². The molecule has 0 radical (unpaired) electrons. The summed E-state index contributed by atoms with van der Waals surface area (Å²) in [5.74, 6) is 0.686. The predicted octanol–water partition coefficient (Wildman–Crippen LogP) is 2.76. The zero-order valence-corrected chi connectivity index (χ0v) is 15.5. The standard InChI is InChI=1S/C21H18N6O2/c22-19(28)14-8-4-7-13-17(14)26-27-18(13)21-24-16-11-29-10-15(16)20(25-21)23-9-12-5-2-1-3-6-12/h1-8H,9-11H2,(H2,22,28)(H,26,27)(H,23,24,25). The fourth-order valence-electron chi connectivity index (χ4n) is 3.50. The number of ether oxygens (including phenoxy) is 1. The molecule has 0 saturated heterocycles. The van der Waals surface area contributed by atoms with Crippen molar-refractivity contribution in [2.45, 2.75) is 19.8 Å². The minimum Gasteiger partial charge on any atom is -0.370 e. The van der Waals surface area contributed by atoms with Crippen molar-refractivity contribution < 1.29 is 9.53 Å². The Balaban J connectivity index is 1.57. The number of nitrogens with zero attached hydrogens (tertiary/aromatic N) is 3. The van der Waals surface area contributed by atoms with Crippen LogP contribution in [-0.4, -0.2) is 26.1 Å². The first kappa shape index (κ1) is 17.3. The summed E-state index contributed by atoms with van der Waals surface area (Å²) in [4.78, 5) is 21.1.